The predicted molar refractivity (Wildman–Crippen MR) is 67.5 cm³/mol. The van der Waals surface area contributed by atoms with Crippen LogP contribution in [0.2, 0.25) is 0 Å². The van der Waals surface area contributed by atoms with Crippen LogP contribution >= 0.6 is 0 Å². The number of carbonyl (C=O) groups is 1. The Hall–Kier alpha value is -0.330. The third-order valence-corrected chi connectivity index (χ3v) is 6.32. The zero-order valence-electron chi connectivity index (χ0n) is 10.7. The molecule has 0 aromatic rings. The Morgan fingerprint density at radius 2 is 1.35 bits per heavy atom. The van der Waals surface area contributed by atoms with E-state index >= 15 is 0 Å². The first-order chi connectivity index (χ1) is 8.36. The SMILES string of the molecule is O=C(C1CCCCCC1)C1C2C3CCC(C3)C12. The maximum atomic E-state index is 12.6. The summed E-state index contributed by atoms with van der Waals surface area (Å²) in [5.74, 6) is 5.37. The molecule has 4 unspecified atom stereocenters. The number of hydrogen-bond donors (Lipinski definition) is 0. The number of carbonyl (C=O) groups excluding carboxylic acids is 1. The van der Waals surface area contributed by atoms with E-state index in [9.17, 15) is 4.79 Å². The first kappa shape index (κ1) is 10.6. The van der Waals surface area contributed by atoms with Gasteiger partial charge in [-0.15, -0.1) is 0 Å². The maximum absolute atomic E-state index is 12.6. The number of rotatable bonds is 2. The molecular weight excluding hydrogens is 208 g/mol. The summed E-state index contributed by atoms with van der Waals surface area (Å²) in [7, 11) is 0. The molecule has 0 aromatic heterocycles. The first-order valence-electron chi connectivity index (χ1n) is 7.90. The highest BCUT2D eigenvalue weighted by Gasteiger charge is 2.67. The van der Waals surface area contributed by atoms with E-state index in [2.05, 4.69) is 0 Å². The molecule has 17 heavy (non-hydrogen) atoms. The summed E-state index contributed by atoms with van der Waals surface area (Å²) < 4.78 is 0. The smallest absolute Gasteiger partial charge is 0.139 e. The molecule has 4 atom stereocenters. The van der Waals surface area contributed by atoms with Crippen LogP contribution in [0.1, 0.15) is 57.8 Å². The van der Waals surface area contributed by atoms with E-state index in [1.54, 1.807) is 0 Å². The van der Waals surface area contributed by atoms with E-state index in [0.717, 1.165) is 23.7 Å². The van der Waals surface area contributed by atoms with Crippen LogP contribution in [0.4, 0.5) is 0 Å². The molecule has 1 heteroatoms. The minimum Gasteiger partial charge on any atom is -0.299 e. The molecule has 0 N–H and O–H groups in total. The Morgan fingerprint density at radius 1 is 0.765 bits per heavy atom. The molecule has 1 nitrogen and oxygen atoms in total. The van der Waals surface area contributed by atoms with Crippen molar-refractivity contribution >= 4 is 5.78 Å². The molecule has 0 heterocycles. The van der Waals surface area contributed by atoms with Gasteiger partial charge in [-0.05, 0) is 55.8 Å². The van der Waals surface area contributed by atoms with Gasteiger partial charge in [-0.1, -0.05) is 25.7 Å². The van der Waals surface area contributed by atoms with Crippen LogP contribution < -0.4 is 0 Å². The summed E-state index contributed by atoms with van der Waals surface area (Å²) in [5, 5.41) is 0. The van der Waals surface area contributed by atoms with Gasteiger partial charge in [-0.25, -0.2) is 0 Å². The summed E-state index contributed by atoms with van der Waals surface area (Å²) in [4.78, 5) is 12.6. The average molecular weight is 232 g/mol. The van der Waals surface area contributed by atoms with Crippen molar-refractivity contribution in [3.05, 3.63) is 0 Å². The quantitative estimate of drug-likeness (QED) is 0.661. The van der Waals surface area contributed by atoms with Crippen LogP contribution in [-0.4, -0.2) is 5.78 Å². The standard InChI is InChI=1S/C16H24O/c17-16(10-5-3-1-2-4-6-10)15-13-11-7-8-12(9-11)14(13)15/h10-15H,1-9H2. The summed E-state index contributed by atoms with van der Waals surface area (Å²) in [6.45, 7) is 0. The zero-order valence-corrected chi connectivity index (χ0v) is 10.7. The van der Waals surface area contributed by atoms with Crippen LogP contribution in [-0.2, 0) is 4.79 Å². The van der Waals surface area contributed by atoms with E-state index in [1.165, 1.54) is 57.8 Å². The predicted octanol–water partition coefficient (Wildman–Crippen LogP) is 3.82. The van der Waals surface area contributed by atoms with Crippen LogP contribution in [0.25, 0.3) is 0 Å². The van der Waals surface area contributed by atoms with E-state index in [0.29, 0.717) is 17.6 Å². The van der Waals surface area contributed by atoms with Crippen LogP contribution in [0.15, 0.2) is 0 Å². The average Bonchev–Trinajstić information content (AvgIpc) is 2.93. The second-order valence-corrected chi connectivity index (χ2v) is 7.10. The normalized spacial score (nSPS) is 48.8. The number of hydrogen-bond acceptors (Lipinski definition) is 1. The van der Waals surface area contributed by atoms with E-state index in [4.69, 9.17) is 0 Å². The van der Waals surface area contributed by atoms with Crippen molar-refractivity contribution in [1.82, 2.24) is 0 Å². The third-order valence-electron chi connectivity index (χ3n) is 6.32. The molecule has 0 aliphatic heterocycles. The van der Waals surface area contributed by atoms with Gasteiger partial charge in [-0.3, -0.25) is 4.79 Å². The van der Waals surface area contributed by atoms with Gasteiger partial charge in [0.1, 0.15) is 5.78 Å². The Labute approximate surface area is 104 Å². The Bertz CT molecular complexity index is 310. The van der Waals surface area contributed by atoms with Gasteiger partial charge in [0.25, 0.3) is 0 Å². The first-order valence-corrected chi connectivity index (χ1v) is 7.90. The molecule has 4 saturated carbocycles. The minimum absolute atomic E-state index is 0.465. The molecular formula is C16H24O. The van der Waals surface area contributed by atoms with E-state index in [-0.39, 0.29) is 0 Å². The highest BCUT2D eigenvalue weighted by molar-refractivity contribution is 5.87. The Balaban J connectivity index is 1.44. The molecule has 0 saturated heterocycles. The fourth-order valence-corrected chi connectivity index (χ4v) is 5.54. The summed E-state index contributed by atoms with van der Waals surface area (Å²) in [5.41, 5.74) is 0. The molecule has 0 aromatic carbocycles. The summed E-state index contributed by atoms with van der Waals surface area (Å²) >= 11 is 0. The number of fused-ring (bicyclic) bond motifs is 5. The van der Waals surface area contributed by atoms with Gasteiger partial charge in [-0.2, -0.15) is 0 Å². The molecule has 4 fully saturated rings. The maximum Gasteiger partial charge on any atom is 0.139 e. The van der Waals surface area contributed by atoms with Crippen molar-refractivity contribution in [1.29, 1.82) is 0 Å². The van der Waals surface area contributed by atoms with Crippen LogP contribution in [0.5, 0.6) is 0 Å². The fraction of sp³-hybridized carbons (Fsp3) is 0.938. The van der Waals surface area contributed by atoms with Gasteiger partial charge in [0.05, 0.1) is 0 Å². The number of ketones is 1. The Morgan fingerprint density at radius 3 is 1.94 bits per heavy atom. The van der Waals surface area contributed by atoms with Crippen LogP contribution in [0, 0.1) is 35.5 Å². The van der Waals surface area contributed by atoms with Gasteiger partial charge in [0.2, 0.25) is 0 Å². The molecule has 4 aliphatic carbocycles. The molecule has 2 bridgehead atoms. The largest absolute Gasteiger partial charge is 0.299 e. The lowest BCUT2D eigenvalue weighted by Gasteiger charge is -2.15. The third kappa shape index (κ3) is 1.54. The van der Waals surface area contributed by atoms with Crippen molar-refractivity contribution in [2.75, 3.05) is 0 Å². The van der Waals surface area contributed by atoms with Crippen molar-refractivity contribution in [2.45, 2.75) is 57.8 Å². The molecule has 94 valence electrons. The number of Topliss-reactive ketones (excluding diaryl/α,β-unsaturated/α-hetero) is 1. The van der Waals surface area contributed by atoms with Gasteiger partial charge < -0.3 is 0 Å². The molecule has 0 amide bonds. The van der Waals surface area contributed by atoms with E-state index < -0.39 is 0 Å². The zero-order chi connectivity index (χ0) is 11.4. The molecule has 4 rings (SSSR count). The van der Waals surface area contributed by atoms with E-state index in [1.807, 2.05) is 0 Å². The summed E-state index contributed by atoms with van der Waals surface area (Å²) in [6.07, 6.45) is 12.1. The fourth-order valence-electron chi connectivity index (χ4n) is 5.54. The topological polar surface area (TPSA) is 17.1 Å². The lowest BCUT2D eigenvalue weighted by molar-refractivity contribution is -0.125. The molecule has 4 aliphatic rings. The highest BCUT2D eigenvalue weighted by atomic mass is 16.1. The van der Waals surface area contributed by atoms with Crippen molar-refractivity contribution in [3.63, 3.8) is 0 Å². The highest BCUT2D eigenvalue weighted by Crippen LogP contribution is 2.70. The monoisotopic (exact) mass is 232 g/mol. The van der Waals surface area contributed by atoms with Crippen molar-refractivity contribution in [2.24, 2.45) is 35.5 Å². The van der Waals surface area contributed by atoms with Crippen molar-refractivity contribution < 1.29 is 4.79 Å². The van der Waals surface area contributed by atoms with Gasteiger partial charge in [0, 0.05) is 11.8 Å². The minimum atomic E-state index is 0.465. The van der Waals surface area contributed by atoms with Crippen molar-refractivity contribution in [3.8, 4) is 0 Å². The van der Waals surface area contributed by atoms with Gasteiger partial charge >= 0.3 is 0 Å². The second kappa shape index (κ2) is 3.83. The second-order valence-electron chi connectivity index (χ2n) is 7.10. The Kier molecular flexibility index (Phi) is 2.38. The lowest BCUT2D eigenvalue weighted by Crippen LogP contribution is -2.19. The molecule has 0 radical (unpaired) electrons. The van der Waals surface area contributed by atoms with Gasteiger partial charge in [0.15, 0.2) is 0 Å². The van der Waals surface area contributed by atoms with Crippen LogP contribution in [0.3, 0.4) is 0 Å². The summed E-state index contributed by atoms with van der Waals surface area (Å²) in [6, 6.07) is 0. The molecule has 0 spiro atoms. The lowest BCUT2D eigenvalue weighted by atomic mass is 9.88.